The zero-order valence-corrected chi connectivity index (χ0v) is 18.7. The van der Waals surface area contributed by atoms with Crippen LogP contribution < -0.4 is 9.64 Å². The summed E-state index contributed by atoms with van der Waals surface area (Å²) in [6, 6.07) is 6.49. The summed E-state index contributed by atoms with van der Waals surface area (Å²) < 4.78 is 7.75. The molecular weight excluding hydrogens is 358 g/mol. The van der Waals surface area contributed by atoms with Crippen LogP contribution in [0.3, 0.4) is 0 Å². The van der Waals surface area contributed by atoms with Gasteiger partial charge in [-0.1, -0.05) is 13.3 Å². The molecule has 3 aromatic rings. The Morgan fingerprint density at radius 1 is 1.00 bits per heavy atom. The maximum Gasteiger partial charge on any atom is 0.147 e. The Bertz CT molecular complexity index is 1020. The van der Waals surface area contributed by atoms with Gasteiger partial charge in [-0.15, -0.1) is 0 Å². The molecule has 29 heavy (non-hydrogen) atoms. The summed E-state index contributed by atoms with van der Waals surface area (Å²) in [7, 11) is 1.72. The Kier molecular flexibility index (Phi) is 5.28. The number of aryl methyl sites for hydroxylation is 4. The number of piperidine rings is 1. The van der Waals surface area contributed by atoms with Gasteiger partial charge in [0.1, 0.15) is 11.4 Å². The van der Waals surface area contributed by atoms with Crippen LogP contribution >= 0.6 is 0 Å². The first-order chi connectivity index (χ1) is 13.9. The monoisotopic (exact) mass is 391 g/mol. The number of pyridine rings is 1. The predicted octanol–water partition coefficient (Wildman–Crippen LogP) is 5.89. The molecule has 0 bridgehead atoms. The lowest BCUT2D eigenvalue weighted by molar-refractivity contribution is 0.395. The Hall–Kier alpha value is -2.49. The van der Waals surface area contributed by atoms with Crippen molar-refractivity contribution in [2.24, 2.45) is 5.92 Å². The average molecular weight is 392 g/mol. The molecule has 0 atom stereocenters. The summed E-state index contributed by atoms with van der Waals surface area (Å²) in [6.45, 7) is 13.2. The molecule has 1 saturated heterocycles. The van der Waals surface area contributed by atoms with Crippen molar-refractivity contribution in [3.63, 3.8) is 0 Å². The van der Waals surface area contributed by atoms with E-state index in [-0.39, 0.29) is 0 Å². The third-order valence-electron chi connectivity index (χ3n) is 6.53. The molecule has 0 unspecified atom stereocenters. The highest BCUT2D eigenvalue weighted by Crippen LogP contribution is 2.36. The number of nitrogens with zero attached hydrogens (tertiary/aromatic N) is 3. The molecule has 1 aliphatic rings. The molecule has 0 saturated carbocycles. The van der Waals surface area contributed by atoms with Crippen LogP contribution in [0.2, 0.25) is 0 Å². The van der Waals surface area contributed by atoms with Gasteiger partial charge in [0.05, 0.1) is 12.8 Å². The second-order valence-corrected chi connectivity index (χ2v) is 8.61. The van der Waals surface area contributed by atoms with Crippen LogP contribution in [0, 0.1) is 33.6 Å². The summed E-state index contributed by atoms with van der Waals surface area (Å²) in [5, 5.41) is 1.29. The topological polar surface area (TPSA) is 30.3 Å². The van der Waals surface area contributed by atoms with Crippen molar-refractivity contribution in [3.05, 3.63) is 46.8 Å². The van der Waals surface area contributed by atoms with E-state index < -0.39 is 0 Å². The van der Waals surface area contributed by atoms with Crippen LogP contribution in [0.4, 0.5) is 5.69 Å². The van der Waals surface area contributed by atoms with Crippen LogP contribution in [0.5, 0.6) is 5.75 Å². The van der Waals surface area contributed by atoms with Crippen molar-refractivity contribution < 1.29 is 4.74 Å². The zero-order chi connectivity index (χ0) is 20.7. The minimum Gasteiger partial charge on any atom is -0.497 e. The van der Waals surface area contributed by atoms with Gasteiger partial charge in [-0.2, -0.15) is 0 Å². The molecule has 0 N–H and O–H groups in total. The molecule has 0 radical (unpaired) electrons. The van der Waals surface area contributed by atoms with Crippen molar-refractivity contribution >= 4 is 16.7 Å². The number of aromatic nitrogens is 2. The highest BCUT2D eigenvalue weighted by Gasteiger charge is 2.23. The molecule has 1 aliphatic heterocycles. The summed E-state index contributed by atoms with van der Waals surface area (Å²) in [4.78, 5) is 7.57. The van der Waals surface area contributed by atoms with Crippen LogP contribution in [0.15, 0.2) is 24.4 Å². The van der Waals surface area contributed by atoms with Gasteiger partial charge in [-0.25, -0.2) is 4.98 Å². The van der Waals surface area contributed by atoms with E-state index in [2.05, 4.69) is 68.5 Å². The number of benzene rings is 1. The number of ether oxygens (including phenoxy) is 1. The quantitative estimate of drug-likeness (QED) is 0.555. The number of methoxy groups -OCH3 is 1. The van der Waals surface area contributed by atoms with Crippen LogP contribution in [0.25, 0.3) is 16.7 Å². The standard InChI is InChI=1S/C25H33N3O/c1-7-20-8-10-27(11-9-20)22-14-19(5)26-25-23(22)18(4)15-28(25)24-16(2)12-21(29-6)13-17(24)3/h12-15,20H,7-11H2,1-6H3. The Morgan fingerprint density at radius 2 is 1.66 bits per heavy atom. The van der Waals surface area contributed by atoms with Crippen LogP contribution in [-0.2, 0) is 0 Å². The molecule has 4 rings (SSSR count). The summed E-state index contributed by atoms with van der Waals surface area (Å²) >= 11 is 0. The van der Waals surface area contributed by atoms with E-state index in [4.69, 9.17) is 9.72 Å². The molecular formula is C25H33N3O. The van der Waals surface area contributed by atoms with Gasteiger partial charge in [0.15, 0.2) is 0 Å². The van der Waals surface area contributed by atoms with Crippen molar-refractivity contribution in [1.29, 1.82) is 0 Å². The second-order valence-electron chi connectivity index (χ2n) is 8.61. The maximum absolute atomic E-state index is 5.46. The van der Waals surface area contributed by atoms with Gasteiger partial charge in [0.25, 0.3) is 0 Å². The number of rotatable bonds is 4. The first kappa shape index (κ1) is 19.8. The fourth-order valence-corrected chi connectivity index (χ4v) is 4.93. The van der Waals surface area contributed by atoms with E-state index >= 15 is 0 Å². The van der Waals surface area contributed by atoms with Gasteiger partial charge in [-0.3, -0.25) is 0 Å². The number of anilines is 1. The molecule has 4 heteroatoms. The predicted molar refractivity (Wildman–Crippen MR) is 122 cm³/mol. The number of fused-ring (bicyclic) bond motifs is 1. The van der Waals surface area contributed by atoms with Crippen LogP contribution in [-0.4, -0.2) is 29.8 Å². The molecule has 1 fully saturated rings. The van der Waals surface area contributed by atoms with Crippen molar-refractivity contribution in [3.8, 4) is 11.4 Å². The van der Waals surface area contributed by atoms with Crippen molar-refractivity contribution in [2.45, 2.75) is 53.9 Å². The van der Waals surface area contributed by atoms with Crippen LogP contribution in [0.1, 0.15) is 48.6 Å². The highest BCUT2D eigenvalue weighted by atomic mass is 16.5. The van der Waals surface area contributed by atoms with E-state index in [1.165, 1.54) is 52.7 Å². The first-order valence-corrected chi connectivity index (χ1v) is 10.8. The third kappa shape index (κ3) is 3.50. The van der Waals surface area contributed by atoms with E-state index in [0.717, 1.165) is 36.1 Å². The molecule has 0 aliphatic carbocycles. The highest BCUT2D eigenvalue weighted by molar-refractivity contribution is 5.95. The first-order valence-electron chi connectivity index (χ1n) is 10.8. The molecule has 1 aromatic carbocycles. The minimum atomic E-state index is 0.875. The van der Waals surface area contributed by atoms with Gasteiger partial charge >= 0.3 is 0 Å². The van der Waals surface area contributed by atoms with Gasteiger partial charge in [0.2, 0.25) is 0 Å². The van der Waals surface area contributed by atoms with E-state index in [9.17, 15) is 0 Å². The largest absolute Gasteiger partial charge is 0.497 e. The second kappa shape index (κ2) is 7.74. The Balaban J connectivity index is 1.87. The van der Waals surface area contributed by atoms with Crippen molar-refractivity contribution in [1.82, 2.24) is 9.55 Å². The summed E-state index contributed by atoms with van der Waals surface area (Å²) in [6.07, 6.45) is 6.12. The molecule has 154 valence electrons. The van der Waals surface area contributed by atoms with Gasteiger partial charge < -0.3 is 14.2 Å². The molecule has 0 spiro atoms. The Labute approximate surface area is 174 Å². The smallest absolute Gasteiger partial charge is 0.147 e. The number of hydrogen-bond donors (Lipinski definition) is 0. The molecule has 0 amide bonds. The lowest BCUT2D eigenvalue weighted by atomic mass is 9.94. The summed E-state index contributed by atoms with van der Waals surface area (Å²) in [5.41, 5.74) is 8.38. The summed E-state index contributed by atoms with van der Waals surface area (Å²) in [5.74, 6) is 1.78. The lowest BCUT2D eigenvalue weighted by Crippen LogP contribution is -2.33. The third-order valence-corrected chi connectivity index (χ3v) is 6.53. The molecule has 2 aromatic heterocycles. The van der Waals surface area contributed by atoms with Gasteiger partial charge in [0, 0.05) is 36.1 Å². The Morgan fingerprint density at radius 3 is 2.24 bits per heavy atom. The fourth-order valence-electron chi connectivity index (χ4n) is 4.93. The zero-order valence-electron chi connectivity index (χ0n) is 18.7. The maximum atomic E-state index is 5.46. The van der Waals surface area contributed by atoms with E-state index in [1.54, 1.807) is 7.11 Å². The fraction of sp³-hybridized carbons (Fsp3) is 0.480. The van der Waals surface area contributed by atoms with E-state index in [0.29, 0.717) is 0 Å². The molecule has 4 nitrogen and oxygen atoms in total. The normalized spacial score (nSPS) is 15.3. The van der Waals surface area contributed by atoms with E-state index in [1.807, 2.05) is 0 Å². The minimum absolute atomic E-state index is 0.875. The number of hydrogen-bond acceptors (Lipinski definition) is 3. The SMILES string of the molecule is CCC1CCN(c2cc(C)nc3c2c(C)cn3-c2c(C)cc(OC)cc2C)CC1. The van der Waals surface area contributed by atoms with Crippen molar-refractivity contribution in [2.75, 3.05) is 25.1 Å². The average Bonchev–Trinajstić information content (AvgIpc) is 3.02. The lowest BCUT2D eigenvalue weighted by Gasteiger charge is -2.34. The van der Waals surface area contributed by atoms with Gasteiger partial charge in [-0.05, 0) is 81.3 Å². The molecule has 3 heterocycles.